The van der Waals surface area contributed by atoms with Gasteiger partial charge < -0.3 is 57.1 Å². The molecule has 0 fully saturated rings. The van der Waals surface area contributed by atoms with E-state index in [4.69, 9.17) is 9.84 Å². The van der Waals surface area contributed by atoms with Gasteiger partial charge in [-0.05, 0) is 61.1 Å². The van der Waals surface area contributed by atoms with Crippen molar-refractivity contribution >= 4 is 53.5 Å². The molecule has 2 aromatic carbocycles. The average molecular weight is 868 g/mol. The van der Waals surface area contributed by atoms with Crippen LogP contribution < -0.4 is 36.6 Å². The molecule has 332 valence electrons. The Hall–Kier alpha value is -7.65. The molecule has 10 N–H and O–H groups in total. The number of hydrogen-bond donors (Lipinski definition) is 10. The van der Waals surface area contributed by atoms with E-state index in [0.717, 1.165) is 17.8 Å². The molecule has 0 aliphatic carbocycles. The van der Waals surface area contributed by atoms with E-state index in [9.17, 15) is 62.9 Å². The third-order valence-corrected chi connectivity index (χ3v) is 8.77. The molecule has 1 aromatic heterocycles. The molecule has 22 heteroatoms. The largest absolute Gasteiger partial charge is 0.484 e. The van der Waals surface area contributed by atoms with E-state index in [1.165, 1.54) is 30.3 Å². The Bertz CT molecular complexity index is 2040. The summed E-state index contributed by atoms with van der Waals surface area (Å²) in [5.74, 6) is -8.78. The predicted octanol–water partition coefficient (Wildman–Crippen LogP) is 0.226. The van der Waals surface area contributed by atoms with Gasteiger partial charge in [-0.1, -0.05) is 42.5 Å². The first-order valence-corrected chi connectivity index (χ1v) is 19.0. The number of amides is 6. The Morgan fingerprint density at radius 3 is 1.82 bits per heavy atom. The number of ether oxygens (including phenoxy) is 1. The number of rotatable bonds is 26. The molecule has 0 saturated carbocycles. The molecule has 0 aliphatic heterocycles. The highest BCUT2D eigenvalue weighted by Crippen LogP contribution is 2.14. The second-order valence-electron chi connectivity index (χ2n) is 13.6. The first kappa shape index (κ1) is 48.7. The number of halogens is 1. The zero-order chi connectivity index (χ0) is 45.6. The number of nitrogens with zero attached hydrogens (tertiary/aromatic N) is 1. The number of carbonyl (C=O) groups excluding carboxylic acids is 5. The quantitative estimate of drug-likeness (QED) is 0.0381. The maximum Gasteiger partial charge on any atom is 0.326 e. The van der Waals surface area contributed by atoms with Crippen molar-refractivity contribution in [1.29, 1.82) is 0 Å². The van der Waals surface area contributed by atoms with Crippen LogP contribution in [0.1, 0.15) is 53.6 Å². The second-order valence-corrected chi connectivity index (χ2v) is 13.6. The van der Waals surface area contributed by atoms with Gasteiger partial charge in [0, 0.05) is 32.0 Å². The highest BCUT2D eigenvalue weighted by molar-refractivity contribution is 5.96. The number of aliphatic carboxylic acids is 4. The minimum Gasteiger partial charge on any atom is -0.484 e. The molecule has 0 aliphatic rings. The van der Waals surface area contributed by atoms with Crippen molar-refractivity contribution in [2.45, 2.75) is 69.1 Å². The molecular weight excluding hydrogens is 821 g/mol. The zero-order valence-corrected chi connectivity index (χ0v) is 33.0. The van der Waals surface area contributed by atoms with Gasteiger partial charge in [0.2, 0.25) is 17.8 Å². The normalized spacial score (nSPS) is 12.5. The molecule has 4 atom stereocenters. The Morgan fingerprint density at radius 1 is 0.629 bits per heavy atom. The third-order valence-electron chi connectivity index (χ3n) is 8.77. The van der Waals surface area contributed by atoms with E-state index in [0.29, 0.717) is 5.56 Å². The summed E-state index contributed by atoms with van der Waals surface area (Å²) in [6.07, 6.45) is 0.356. The predicted molar refractivity (Wildman–Crippen MR) is 212 cm³/mol. The number of benzene rings is 2. The van der Waals surface area contributed by atoms with Crippen LogP contribution in [0.15, 0.2) is 72.9 Å². The summed E-state index contributed by atoms with van der Waals surface area (Å²) in [5.41, 5.74) is 1.21. The van der Waals surface area contributed by atoms with Crippen LogP contribution >= 0.6 is 0 Å². The molecule has 0 spiro atoms. The fourth-order valence-corrected chi connectivity index (χ4v) is 5.57. The Morgan fingerprint density at radius 2 is 1.23 bits per heavy atom. The maximum absolute atomic E-state index is 13.2. The van der Waals surface area contributed by atoms with Crippen molar-refractivity contribution in [3.05, 3.63) is 95.6 Å². The van der Waals surface area contributed by atoms with Crippen LogP contribution in [0.4, 0.5) is 9.18 Å². The molecule has 0 saturated heterocycles. The highest BCUT2D eigenvalue weighted by Gasteiger charge is 2.26. The van der Waals surface area contributed by atoms with Gasteiger partial charge in [0.25, 0.3) is 11.8 Å². The minimum atomic E-state index is -1.56. The van der Waals surface area contributed by atoms with Crippen LogP contribution in [0.25, 0.3) is 0 Å². The molecular formula is C40H46FN7O14. The molecule has 3 aromatic rings. The Labute approximate surface area is 352 Å². The van der Waals surface area contributed by atoms with Crippen molar-refractivity contribution in [3.8, 4) is 5.75 Å². The van der Waals surface area contributed by atoms with Gasteiger partial charge in [-0.2, -0.15) is 4.39 Å². The Balaban J connectivity index is 1.47. The van der Waals surface area contributed by atoms with Crippen molar-refractivity contribution < 1.29 is 72.7 Å². The molecule has 0 bridgehead atoms. The number of pyridine rings is 1. The lowest BCUT2D eigenvalue weighted by Gasteiger charge is -2.20. The fourth-order valence-electron chi connectivity index (χ4n) is 5.57. The third kappa shape index (κ3) is 18.1. The van der Waals surface area contributed by atoms with Crippen LogP contribution in [0, 0.1) is 5.95 Å². The summed E-state index contributed by atoms with van der Waals surface area (Å²) >= 11 is 0. The Kier molecular flexibility index (Phi) is 19.7. The SMILES string of the molecule is O=C(O)CC[C@H](NC(=O)N[C@@H](CCCCNC(=O)[C@H](Cc1ccccc1)NC(=O)COc1ccc(C[C@H](NC(=O)CNC(=O)c2ccc(F)nc2)C(=O)O)cc1)C(=O)O)C(=O)O. The van der Waals surface area contributed by atoms with Crippen LogP contribution in [-0.4, -0.2) is 123 Å². The minimum absolute atomic E-state index is 0.00149. The highest BCUT2D eigenvalue weighted by atomic mass is 19.1. The van der Waals surface area contributed by atoms with Crippen molar-refractivity contribution in [2.75, 3.05) is 19.7 Å². The van der Waals surface area contributed by atoms with E-state index in [2.05, 4.69) is 31.6 Å². The summed E-state index contributed by atoms with van der Waals surface area (Å²) in [4.78, 5) is 112. The summed E-state index contributed by atoms with van der Waals surface area (Å²) in [7, 11) is 0. The molecule has 21 nitrogen and oxygen atoms in total. The standard InChI is InChI=1S/C40H46FN7O14/c41-31-15-11-25(20-43-31)35(53)44-21-32(49)46-30(39(59)60)19-24-9-12-26(13-10-24)62-22-33(50)45-29(18-23-6-2-1-3-7-23)36(54)42-17-5-4-8-27(37(55)56)47-40(61)48-28(38(57)58)14-16-34(51)52/h1-3,6-7,9-13,15,20,27-30H,4-5,8,14,16-19,21-22H2,(H,42,54)(H,44,53)(H,45,50)(H,46,49)(H,51,52)(H,55,56)(H,57,58)(H,59,60)(H2,47,48,61)/t27-,28-,29-,30-/m0/s1. The lowest BCUT2D eigenvalue weighted by atomic mass is 10.0. The number of carboxylic acid groups (broad SMARTS) is 4. The first-order chi connectivity index (χ1) is 29.5. The monoisotopic (exact) mass is 867 g/mol. The van der Waals surface area contributed by atoms with Crippen LogP contribution in [-0.2, 0) is 46.4 Å². The number of unbranched alkanes of at least 4 members (excludes halogenated alkanes) is 1. The lowest BCUT2D eigenvalue weighted by molar-refractivity contribution is -0.142. The number of carbonyl (C=O) groups is 9. The second kappa shape index (κ2) is 25.1. The van der Waals surface area contributed by atoms with E-state index in [-0.39, 0.29) is 50.0 Å². The zero-order valence-electron chi connectivity index (χ0n) is 33.0. The number of nitrogens with one attached hydrogen (secondary N) is 6. The molecule has 0 radical (unpaired) electrons. The summed E-state index contributed by atoms with van der Waals surface area (Å²) in [6.45, 7) is -0.995. The summed E-state index contributed by atoms with van der Waals surface area (Å²) in [6, 6.07) is 10.4. The molecule has 1 heterocycles. The van der Waals surface area contributed by atoms with Crippen LogP contribution in [0.2, 0.25) is 0 Å². The van der Waals surface area contributed by atoms with Crippen molar-refractivity contribution in [1.82, 2.24) is 36.9 Å². The van der Waals surface area contributed by atoms with Gasteiger partial charge in [-0.25, -0.2) is 24.2 Å². The number of carboxylic acids is 4. The topological polar surface area (TPSA) is 329 Å². The van der Waals surface area contributed by atoms with Crippen LogP contribution in [0.3, 0.4) is 0 Å². The van der Waals surface area contributed by atoms with Gasteiger partial charge in [0.15, 0.2) is 6.61 Å². The van der Waals surface area contributed by atoms with Gasteiger partial charge in [0.05, 0.1) is 12.1 Å². The van der Waals surface area contributed by atoms with E-state index in [1.807, 2.05) is 5.32 Å². The average Bonchev–Trinajstić information content (AvgIpc) is 3.23. The van der Waals surface area contributed by atoms with Crippen molar-refractivity contribution in [3.63, 3.8) is 0 Å². The smallest absolute Gasteiger partial charge is 0.326 e. The van der Waals surface area contributed by atoms with E-state index in [1.54, 1.807) is 30.3 Å². The number of aromatic nitrogens is 1. The van der Waals surface area contributed by atoms with E-state index < -0.39 is 110 Å². The lowest BCUT2D eigenvalue weighted by Crippen LogP contribution is -2.51. The van der Waals surface area contributed by atoms with Gasteiger partial charge in [-0.15, -0.1) is 0 Å². The number of hydrogen-bond acceptors (Lipinski definition) is 11. The molecule has 3 rings (SSSR count). The van der Waals surface area contributed by atoms with Gasteiger partial charge in [0.1, 0.15) is 29.9 Å². The maximum atomic E-state index is 13.2. The first-order valence-electron chi connectivity index (χ1n) is 19.0. The van der Waals surface area contributed by atoms with E-state index >= 15 is 0 Å². The molecule has 6 amide bonds. The molecule has 0 unspecified atom stereocenters. The van der Waals surface area contributed by atoms with Gasteiger partial charge >= 0.3 is 29.9 Å². The fraction of sp³-hybridized carbons (Fsp3) is 0.350. The van der Waals surface area contributed by atoms with Crippen LogP contribution in [0.5, 0.6) is 5.75 Å². The number of urea groups is 1. The molecule has 62 heavy (non-hydrogen) atoms. The van der Waals surface area contributed by atoms with Gasteiger partial charge in [-0.3, -0.25) is 24.0 Å². The summed E-state index contributed by atoms with van der Waals surface area (Å²) in [5, 5.41) is 51.3. The van der Waals surface area contributed by atoms with Crippen molar-refractivity contribution in [2.24, 2.45) is 0 Å². The summed E-state index contributed by atoms with van der Waals surface area (Å²) < 4.78 is 18.6.